The number of aromatic nitrogens is 1. The molecule has 7 nitrogen and oxygen atoms in total. The molecule has 0 radical (unpaired) electrons. The number of rotatable bonds is 8. The zero-order valence-electron chi connectivity index (χ0n) is 25.3. The minimum absolute atomic E-state index is 0.221. The van der Waals surface area contributed by atoms with E-state index >= 15 is 0 Å². The fourth-order valence-corrected chi connectivity index (χ4v) is 6.89. The van der Waals surface area contributed by atoms with Gasteiger partial charge >= 0.3 is 5.97 Å². The number of methoxy groups -OCH3 is 1. The number of thiazole rings is 1. The molecule has 0 amide bonds. The Morgan fingerprint density at radius 3 is 2.49 bits per heavy atom. The lowest BCUT2D eigenvalue weighted by Crippen LogP contribution is -2.39. The molecule has 0 aliphatic carbocycles. The van der Waals surface area contributed by atoms with Crippen LogP contribution >= 0.6 is 27.3 Å². The van der Waals surface area contributed by atoms with Gasteiger partial charge in [0.25, 0.3) is 5.56 Å². The van der Waals surface area contributed by atoms with E-state index in [1.54, 1.807) is 31.6 Å². The summed E-state index contributed by atoms with van der Waals surface area (Å²) in [6.45, 7) is 6.12. The maximum Gasteiger partial charge on any atom is 0.338 e. The minimum atomic E-state index is -0.660. The topological polar surface area (TPSA) is 79.1 Å². The van der Waals surface area contributed by atoms with Crippen LogP contribution in [-0.4, -0.2) is 24.3 Å². The highest BCUT2D eigenvalue weighted by Gasteiger charge is 2.33. The number of hydrogen-bond donors (Lipinski definition) is 0. The molecular weight excluding hydrogens is 652 g/mol. The third-order valence-corrected chi connectivity index (χ3v) is 9.36. The lowest BCUT2D eigenvalue weighted by atomic mass is 9.95. The summed E-state index contributed by atoms with van der Waals surface area (Å²) in [6.07, 6.45) is 1.80. The second-order valence-corrected chi connectivity index (χ2v) is 12.6. The van der Waals surface area contributed by atoms with Gasteiger partial charge in [-0.2, -0.15) is 0 Å². The van der Waals surface area contributed by atoms with Gasteiger partial charge in [0.15, 0.2) is 16.3 Å². The number of allylic oxidation sites excluding steroid dienone is 1. The summed E-state index contributed by atoms with van der Waals surface area (Å²) in [7, 11) is 1.59. The molecule has 1 atom stereocenters. The van der Waals surface area contributed by atoms with Crippen molar-refractivity contribution in [3.05, 3.63) is 137 Å². The van der Waals surface area contributed by atoms with E-state index < -0.39 is 12.0 Å². The predicted molar refractivity (Wildman–Crippen MR) is 181 cm³/mol. The highest BCUT2D eigenvalue weighted by atomic mass is 79.9. The molecule has 0 N–H and O–H groups in total. The molecular formula is C36H31BrN2O5S. The highest BCUT2D eigenvalue weighted by molar-refractivity contribution is 9.10. The molecule has 2 heterocycles. The zero-order valence-corrected chi connectivity index (χ0v) is 27.7. The molecule has 0 fully saturated rings. The Labute approximate surface area is 272 Å². The first-order valence-electron chi connectivity index (χ1n) is 14.5. The number of aryl methyl sites for hydroxylation is 1. The monoisotopic (exact) mass is 682 g/mol. The quantitative estimate of drug-likeness (QED) is 0.172. The van der Waals surface area contributed by atoms with Crippen molar-refractivity contribution in [3.63, 3.8) is 0 Å². The van der Waals surface area contributed by atoms with E-state index in [-0.39, 0.29) is 12.2 Å². The highest BCUT2D eigenvalue weighted by Crippen LogP contribution is 2.35. The van der Waals surface area contributed by atoms with Crippen molar-refractivity contribution in [1.29, 1.82) is 0 Å². The van der Waals surface area contributed by atoms with E-state index in [4.69, 9.17) is 14.2 Å². The summed E-state index contributed by atoms with van der Waals surface area (Å²) in [5.41, 5.74) is 4.30. The standard InChI is InChI=1S/C36H31BrN2O5S/c1-5-43-35(41)32-22(3)38-36-39(33(32)25-13-10-21(2)11-14-25)34(40)31(45-36)18-27-17-29(42-4)30(19-28(27)37)44-20-23-12-15-24-8-6-7-9-26(24)16-23/h6-19,33H,5,20H2,1-4H3/b31-18+/t33-/m0/s1. The lowest BCUT2D eigenvalue weighted by Gasteiger charge is -2.24. The van der Waals surface area contributed by atoms with Crippen LogP contribution in [0.3, 0.4) is 0 Å². The van der Waals surface area contributed by atoms with Crippen LogP contribution in [0, 0.1) is 6.92 Å². The van der Waals surface area contributed by atoms with Crippen LogP contribution in [0.2, 0.25) is 0 Å². The van der Waals surface area contributed by atoms with Crippen LogP contribution < -0.4 is 24.4 Å². The molecule has 4 aromatic carbocycles. The van der Waals surface area contributed by atoms with Crippen LogP contribution in [-0.2, 0) is 16.1 Å². The van der Waals surface area contributed by atoms with E-state index in [1.165, 1.54) is 16.7 Å². The number of hydrogen-bond acceptors (Lipinski definition) is 7. The number of ether oxygens (including phenoxy) is 3. The molecule has 1 aliphatic rings. The Balaban J connectivity index is 1.37. The minimum Gasteiger partial charge on any atom is -0.493 e. The van der Waals surface area contributed by atoms with Crippen molar-refractivity contribution in [3.8, 4) is 11.5 Å². The molecule has 1 aliphatic heterocycles. The Morgan fingerprint density at radius 2 is 1.76 bits per heavy atom. The number of benzene rings is 4. The van der Waals surface area contributed by atoms with Gasteiger partial charge in [-0.25, -0.2) is 9.79 Å². The summed E-state index contributed by atoms with van der Waals surface area (Å²) in [5.74, 6) is 0.631. The van der Waals surface area contributed by atoms with E-state index in [1.807, 2.05) is 55.5 Å². The van der Waals surface area contributed by atoms with Gasteiger partial charge in [-0.1, -0.05) is 93.5 Å². The molecule has 0 saturated heterocycles. The Bertz CT molecular complexity index is 2150. The maximum absolute atomic E-state index is 14.0. The van der Waals surface area contributed by atoms with Crippen molar-refractivity contribution in [2.75, 3.05) is 13.7 Å². The van der Waals surface area contributed by atoms with Crippen molar-refractivity contribution in [2.24, 2.45) is 4.99 Å². The average Bonchev–Trinajstić information content (AvgIpc) is 3.34. The summed E-state index contributed by atoms with van der Waals surface area (Å²) < 4.78 is 20.1. The fraction of sp³-hybridized carbons (Fsp3) is 0.194. The molecule has 1 aromatic heterocycles. The van der Waals surface area contributed by atoms with E-state index in [0.717, 1.165) is 32.1 Å². The Hall–Kier alpha value is -4.47. The van der Waals surface area contributed by atoms with Crippen LogP contribution in [0.5, 0.6) is 11.5 Å². The summed E-state index contributed by atoms with van der Waals surface area (Å²) in [6, 6.07) is 25.3. The molecule has 0 saturated carbocycles. The normalized spacial score (nSPS) is 14.7. The fourth-order valence-electron chi connectivity index (χ4n) is 5.42. The van der Waals surface area contributed by atoms with E-state index in [9.17, 15) is 9.59 Å². The molecule has 6 rings (SSSR count). The number of carbonyl (C=O) groups is 1. The van der Waals surface area contributed by atoms with Gasteiger partial charge in [-0.3, -0.25) is 9.36 Å². The molecule has 228 valence electrons. The third-order valence-electron chi connectivity index (χ3n) is 7.69. The smallest absolute Gasteiger partial charge is 0.338 e. The second-order valence-electron chi connectivity index (χ2n) is 10.7. The Kier molecular flexibility index (Phi) is 8.74. The van der Waals surface area contributed by atoms with Gasteiger partial charge in [-0.15, -0.1) is 0 Å². The SMILES string of the molecule is CCOC(=O)C1=C(C)N=c2s/c(=C/c3cc(OC)c(OCc4ccc5ccccc5c4)cc3Br)c(=O)n2[C@H]1c1ccc(C)cc1. The molecule has 45 heavy (non-hydrogen) atoms. The predicted octanol–water partition coefficient (Wildman–Crippen LogP) is 6.61. The molecule has 5 aromatic rings. The van der Waals surface area contributed by atoms with Gasteiger partial charge in [0.1, 0.15) is 6.61 Å². The van der Waals surface area contributed by atoms with Gasteiger partial charge in [0.05, 0.1) is 35.6 Å². The largest absolute Gasteiger partial charge is 0.493 e. The summed E-state index contributed by atoms with van der Waals surface area (Å²) >= 11 is 4.94. The first kappa shape index (κ1) is 30.6. The molecule has 0 unspecified atom stereocenters. The van der Waals surface area contributed by atoms with Crippen LogP contribution in [0.15, 0.2) is 104 Å². The molecule has 9 heteroatoms. The van der Waals surface area contributed by atoms with Crippen LogP contribution in [0.1, 0.15) is 42.1 Å². The maximum atomic E-state index is 14.0. The lowest BCUT2D eigenvalue weighted by molar-refractivity contribution is -0.139. The van der Waals surface area contributed by atoms with Gasteiger partial charge in [0.2, 0.25) is 0 Å². The summed E-state index contributed by atoms with van der Waals surface area (Å²) in [5, 5.41) is 2.33. The second kappa shape index (κ2) is 12.9. The number of fused-ring (bicyclic) bond motifs is 2. The third kappa shape index (κ3) is 6.10. The number of carbonyl (C=O) groups excluding carboxylic acids is 1. The number of nitrogens with zero attached hydrogens (tertiary/aromatic N) is 2. The zero-order chi connectivity index (χ0) is 31.7. The van der Waals surface area contributed by atoms with Crippen molar-refractivity contribution in [1.82, 2.24) is 4.57 Å². The van der Waals surface area contributed by atoms with Gasteiger partial charge in [-0.05, 0) is 72.5 Å². The average molecular weight is 684 g/mol. The van der Waals surface area contributed by atoms with Gasteiger partial charge < -0.3 is 14.2 Å². The number of halogens is 1. The molecule has 0 spiro atoms. The first-order chi connectivity index (χ1) is 21.8. The van der Waals surface area contributed by atoms with Gasteiger partial charge in [0, 0.05) is 4.47 Å². The van der Waals surface area contributed by atoms with Crippen molar-refractivity contribution >= 4 is 50.1 Å². The van der Waals surface area contributed by atoms with Crippen molar-refractivity contribution in [2.45, 2.75) is 33.4 Å². The van der Waals surface area contributed by atoms with E-state index in [2.05, 4.69) is 51.3 Å². The van der Waals surface area contributed by atoms with Crippen LogP contribution in [0.25, 0.3) is 16.8 Å². The number of esters is 1. The van der Waals surface area contributed by atoms with E-state index in [0.29, 0.717) is 38.7 Å². The Morgan fingerprint density at radius 1 is 1.00 bits per heavy atom. The first-order valence-corrected chi connectivity index (χ1v) is 16.1. The molecule has 0 bridgehead atoms. The van der Waals surface area contributed by atoms with Crippen LogP contribution in [0.4, 0.5) is 0 Å². The van der Waals surface area contributed by atoms with Crippen molar-refractivity contribution < 1.29 is 19.0 Å². The summed E-state index contributed by atoms with van der Waals surface area (Å²) in [4.78, 5) is 32.3.